The van der Waals surface area contributed by atoms with Gasteiger partial charge in [0.05, 0.1) is 5.56 Å². The van der Waals surface area contributed by atoms with Crippen LogP contribution in [-0.4, -0.2) is 16.3 Å². The lowest BCUT2D eigenvalue weighted by Gasteiger charge is -2.05. The number of rotatable bonds is 4. The van der Waals surface area contributed by atoms with Gasteiger partial charge in [0.25, 0.3) is 5.91 Å². The molecule has 4 nitrogen and oxygen atoms in total. The van der Waals surface area contributed by atoms with Crippen LogP contribution in [0.15, 0.2) is 54.9 Å². The van der Waals surface area contributed by atoms with Crippen molar-refractivity contribution in [1.82, 2.24) is 9.88 Å². The van der Waals surface area contributed by atoms with Crippen LogP contribution in [0.25, 0.3) is 0 Å². The summed E-state index contributed by atoms with van der Waals surface area (Å²) in [6.07, 6.45) is 3.29. The Kier molecular flexibility index (Phi) is 4.60. The van der Waals surface area contributed by atoms with Crippen molar-refractivity contribution in [2.45, 2.75) is 13.5 Å². The zero-order valence-corrected chi connectivity index (χ0v) is 12.4. The van der Waals surface area contributed by atoms with E-state index >= 15 is 0 Å². The molecule has 2 N–H and O–H groups in total. The first-order valence-corrected chi connectivity index (χ1v) is 6.80. The van der Waals surface area contributed by atoms with Gasteiger partial charge in [-0.2, -0.15) is 0 Å². The molecule has 5 heteroatoms. The fourth-order valence-corrected chi connectivity index (χ4v) is 2.03. The van der Waals surface area contributed by atoms with Crippen LogP contribution in [0, 0.1) is 5.41 Å². The summed E-state index contributed by atoms with van der Waals surface area (Å²) in [6, 6.07) is 9.01. The quantitative estimate of drug-likeness (QED) is 0.659. The molecule has 0 radical (unpaired) electrons. The van der Waals surface area contributed by atoms with Gasteiger partial charge in [0, 0.05) is 24.0 Å². The summed E-state index contributed by atoms with van der Waals surface area (Å²) >= 11 is 5.90. The molecule has 0 saturated heterocycles. The molecule has 108 valence electrons. The van der Waals surface area contributed by atoms with Crippen LogP contribution in [0.5, 0.6) is 0 Å². The molecule has 1 amide bonds. The first-order valence-electron chi connectivity index (χ1n) is 6.43. The summed E-state index contributed by atoms with van der Waals surface area (Å²) in [5, 5.41) is 11.3. The Balaban J connectivity index is 2.01. The molecule has 0 saturated carbocycles. The maximum atomic E-state index is 12.1. The van der Waals surface area contributed by atoms with Gasteiger partial charge in [0.2, 0.25) is 0 Å². The Labute approximate surface area is 128 Å². The van der Waals surface area contributed by atoms with Gasteiger partial charge in [0.1, 0.15) is 5.84 Å². The maximum absolute atomic E-state index is 12.1. The molecule has 2 rings (SSSR count). The minimum Gasteiger partial charge on any atom is -0.348 e. The van der Waals surface area contributed by atoms with Crippen LogP contribution in [0.4, 0.5) is 0 Å². The predicted molar refractivity (Wildman–Crippen MR) is 85.0 cm³/mol. The second-order valence-electron chi connectivity index (χ2n) is 4.75. The van der Waals surface area contributed by atoms with Gasteiger partial charge in [-0.15, -0.1) is 0 Å². The zero-order valence-electron chi connectivity index (χ0n) is 11.7. The summed E-state index contributed by atoms with van der Waals surface area (Å²) < 4.78 is 1.57. The van der Waals surface area contributed by atoms with Gasteiger partial charge in [-0.1, -0.05) is 30.3 Å². The monoisotopic (exact) mass is 301 g/mol. The van der Waals surface area contributed by atoms with Crippen molar-refractivity contribution in [2.24, 2.45) is 0 Å². The summed E-state index contributed by atoms with van der Waals surface area (Å²) in [4.78, 5) is 12.1. The van der Waals surface area contributed by atoms with Crippen molar-refractivity contribution in [2.75, 3.05) is 0 Å². The highest BCUT2D eigenvalue weighted by Crippen LogP contribution is 2.11. The van der Waals surface area contributed by atoms with Crippen molar-refractivity contribution >= 4 is 23.3 Å². The Hall–Kier alpha value is -2.33. The van der Waals surface area contributed by atoms with Crippen LogP contribution in [0.1, 0.15) is 22.8 Å². The van der Waals surface area contributed by atoms with Crippen LogP contribution in [0.2, 0.25) is 5.02 Å². The van der Waals surface area contributed by atoms with E-state index in [0.717, 1.165) is 5.56 Å². The minimum atomic E-state index is -0.191. The molecule has 0 aliphatic rings. The molecule has 1 aromatic heterocycles. The Morgan fingerprint density at radius 1 is 1.43 bits per heavy atom. The standard InChI is InChI=1S/C16H16ClN3O/c1-11(2)15(18)20-7-6-13(10-20)16(21)19-9-12-4-3-5-14(17)8-12/h3-8,10,18H,1,9H2,2H3,(H,19,21). The second kappa shape index (κ2) is 6.41. The number of nitrogens with zero attached hydrogens (tertiary/aromatic N) is 1. The molecule has 0 fully saturated rings. The third-order valence-electron chi connectivity index (χ3n) is 2.96. The summed E-state index contributed by atoms with van der Waals surface area (Å²) in [6.45, 7) is 5.87. The normalized spacial score (nSPS) is 10.2. The van der Waals surface area contributed by atoms with E-state index in [1.54, 1.807) is 36.0 Å². The SMILES string of the molecule is C=C(C)C(=N)n1ccc(C(=O)NCc2cccc(Cl)c2)c1. The molecule has 0 aliphatic heterocycles. The second-order valence-corrected chi connectivity index (χ2v) is 5.19. The number of allylic oxidation sites excluding steroid dienone is 1. The summed E-state index contributed by atoms with van der Waals surface area (Å²) in [7, 11) is 0. The van der Waals surface area contributed by atoms with Gasteiger partial charge < -0.3 is 9.88 Å². The van der Waals surface area contributed by atoms with Crippen molar-refractivity contribution in [3.05, 3.63) is 71.0 Å². The van der Waals surface area contributed by atoms with Gasteiger partial charge in [-0.05, 0) is 36.3 Å². The van der Waals surface area contributed by atoms with E-state index in [9.17, 15) is 4.79 Å². The number of carbonyl (C=O) groups excluding carboxylic acids is 1. The van der Waals surface area contributed by atoms with E-state index < -0.39 is 0 Å². The number of carbonyl (C=O) groups is 1. The third kappa shape index (κ3) is 3.83. The molecule has 0 atom stereocenters. The van der Waals surface area contributed by atoms with E-state index in [1.165, 1.54) is 0 Å². The number of hydrogen-bond acceptors (Lipinski definition) is 2. The average Bonchev–Trinajstić information content (AvgIpc) is 2.93. The molecule has 1 heterocycles. The minimum absolute atomic E-state index is 0.191. The molecule has 21 heavy (non-hydrogen) atoms. The Morgan fingerprint density at radius 3 is 2.86 bits per heavy atom. The zero-order chi connectivity index (χ0) is 15.4. The molecule has 0 spiro atoms. The number of hydrogen-bond donors (Lipinski definition) is 2. The molecule has 0 bridgehead atoms. The fraction of sp³-hybridized carbons (Fsp3) is 0.125. The van der Waals surface area contributed by atoms with Crippen molar-refractivity contribution < 1.29 is 4.79 Å². The topological polar surface area (TPSA) is 57.9 Å². The van der Waals surface area contributed by atoms with Crippen molar-refractivity contribution in [3.63, 3.8) is 0 Å². The maximum Gasteiger partial charge on any atom is 0.253 e. The Morgan fingerprint density at radius 2 is 2.19 bits per heavy atom. The van der Waals surface area contributed by atoms with Crippen LogP contribution in [-0.2, 0) is 6.54 Å². The summed E-state index contributed by atoms with van der Waals surface area (Å²) in [5.74, 6) is 0.0760. The molecule has 0 aliphatic carbocycles. The number of halogens is 1. The highest BCUT2D eigenvalue weighted by Gasteiger charge is 2.09. The number of nitrogens with one attached hydrogen (secondary N) is 2. The van der Waals surface area contributed by atoms with Gasteiger partial charge in [-0.25, -0.2) is 0 Å². The molecular weight excluding hydrogens is 286 g/mol. The smallest absolute Gasteiger partial charge is 0.253 e. The first kappa shape index (κ1) is 15.1. The lowest BCUT2D eigenvalue weighted by molar-refractivity contribution is 0.0951. The van der Waals surface area contributed by atoms with Crippen molar-refractivity contribution in [1.29, 1.82) is 5.41 Å². The molecule has 1 aromatic carbocycles. The first-order chi connectivity index (χ1) is 9.97. The highest BCUT2D eigenvalue weighted by molar-refractivity contribution is 6.30. The van der Waals surface area contributed by atoms with E-state index in [2.05, 4.69) is 11.9 Å². The molecule has 0 unspecified atom stereocenters. The van der Waals surface area contributed by atoms with Gasteiger partial charge >= 0.3 is 0 Å². The lowest BCUT2D eigenvalue weighted by Crippen LogP contribution is -2.22. The average molecular weight is 302 g/mol. The molecule has 2 aromatic rings. The number of amides is 1. The number of aromatic nitrogens is 1. The van der Waals surface area contributed by atoms with Gasteiger partial charge in [0.15, 0.2) is 0 Å². The predicted octanol–water partition coefficient (Wildman–Crippen LogP) is 3.47. The third-order valence-corrected chi connectivity index (χ3v) is 3.19. The van der Waals surface area contributed by atoms with E-state index in [-0.39, 0.29) is 11.7 Å². The van der Waals surface area contributed by atoms with E-state index in [0.29, 0.717) is 22.7 Å². The Bertz CT molecular complexity index is 703. The highest BCUT2D eigenvalue weighted by atomic mass is 35.5. The van der Waals surface area contributed by atoms with Crippen molar-refractivity contribution in [3.8, 4) is 0 Å². The van der Waals surface area contributed by atoms with Crippen LogP contribution < -0.4 is 5.32 Å². The van der Waals surface area contributed by atoms with Gasteiger partial charge in [-0.3, -0.25) is 10.2 Å². The largest absolute Gasteiger partial charge is 0.348 e. The summed E-state index contributed by atoms with van der Waals surface area (Å²) in [5.41, 5.74) is 2.07. The van der Waals surface area contributed by atoms with Crippen LogP contribution in [0.3, 0.4) is 0 Å². The van der Waals surface area contributed by atoms with E-state index in [1.807, 2.05) is 18.2 Å². The van der Waals surface area contributed by atoms with E-state index in [4.69, 9.17) is 17.0 Å². The fourth-order valence-electron chi connectivity index (χ4n) is 1.82. The lowest BCUT2D eigenvalue weighted by atomic mass is 10.2. The number of benzene rings is 1. The molecular formula is C16H16ClN3O. The van der Waals surface area contributed by atoms with Crippen LogP contribution >= 0.6 is 11.6 Å².